The molecule has 0 amide bonds. The Morgan fingerprint density at radius 2 is 2.00 bits per heavy atom. The number of rotatable bonds is 2. The lowest BCUT2D eigenvalue weighted by Gasteiger charge is -2.46. The van der Waals surface area contributed by atoms with Crippen LogP contribution in [0.2, 0.25) is 0 Å². The summed E-state index contributed by atoms with van der Waals surface area (Å²) >= 11 is 0. The Morgan fingerprint density at radius 1 is 1.44 bits per heavy atom. The highest BCUT2D eigenvalue weighted by Gasteiger charge is 2.40. The van der Waals surface area contributed by atoms with Crippen LogP contribution >= 0.6 is 12.4 Å². The van der Waals surface area contributed by atoms with Crippen LogP contribution in [0.15, 0.2) is 24.3 Å². The van der Waals surface area contributed by atoms with E-state index in [0.717, 1.165) is 6.42 Å². The molecule has 2 rings (SSSR count). The molecule has 0 unspecified atom stereocenters. The summed E-state index contributed by atoms with van der Waals surface area (Å²) in [7, 11) is 0. The maximum absolute atomic E-state index is 13.4. The van der Waals surface area contributed by atoms with Crippen molar-refractivity contribution in [1.82, 2.24) is 5.32 Å². The zero-order valence-electron chi connectivity index (χ0n) is 9.40. The zero-order valence-corrected chi connectivity index (χ0v) is 10.2. The van der Waals surface area contributed by atoms with E-state index in [1.807, 2.05) is 0 Å². The second-order valence-electron chi connectivity index (χ2n) is 4.81. The minimum absolute atomic E-state index is 0. The van der Waals surface area contributed by atoms with Crippen LogP contribution in [0.25, 0.3) is 0 Å². The Balaban J connectivity index is 0.00000128. The quantitative estimate of drug-likeness (QED) is 0.839. The summed E-state index contributed by atoms with van der Waals surface area (Å²) in [5.74, 6) is -0.337. The van der Waals surface area contributed by atoms with Gasteiger partial charge in [0, 0.05) is 17.1 Å². The van der Waals surface area contributed by atoms with E-state index in [1.165, 1.54) is 6.07 Å². The second-order valence-corrected chi connectivity index (χ2v) is 4.81. The maximum Gasteiger partial charge on any atom is 0.129 e. The molecule has 90 valence electrons. The highest BCUT2D eigenvalue weighted by atomic mass is 35.5. The van der Waals surface area contributed by atoms with E-state index in [1.54, 1.807) is 18.2 Å². The van der Waals surface area contributed by atoms with Crippen molar-refractivity contribution in [2.75, 3.05) is 0 Å². The lowest BCUT2D eigenvalue weighted by atomic mass is 9.80. The van der Waals surface area contributed by atoms with Crippen molar-refractivity contribution in [3.63, 3.8) is 0 Å². The number of aliphatic hydroxyl groups excluding tert-OH is 1. The van der Waals surface area contributed by atoms with E-state index in [4.69, 9.17) is 0 Å². The largest absolute Gasteiger partial charge is 0.387 e. The summed E-state index contributed by atoms with van der Waals surface area (Å²) in [6, 6.07) is 6.35. The van der Waals surface area contributed by atoms with Gasteiger partial charge >= 0.3 is 0 Å². The summed E-state index contributed by atoms with van der Waals surface area (Å²) in [5.41, 5.74) is 0.446. The third-order valence-corrected chi connectivity index (χ3v) is 2.91. The van der Waals surface area contributed by atoms with Gasteiger partial charge in [0.05, 0.1) is 6.10 Å². The first-order valence-corrected chi connectivity index (χ1v) is 5.20. The summed E-state index contributed by atoms with van der Waals surface area (Å²) in [4.78, 5) is 0. The number of halogens is 2. The first-order chi connectivity index (χ1) is 6.99. The number of aliphatic hydroxyl groups is 1. The molecule has 0 radical (unpaired) electrons. The van der Waals surface area contributed by atoms with Gasteiger partial charge in [-0.1, -0.05) is 18.2 Å². The predicted octanol–water partition coefficient (Wildman–Crippen LogP) is 2.42. The second kappa shape index (κ2) is 4.70. The van der Waals surface area contributed by atoms with Crippen molar-refractivity contribution in [1.29, 1.82) is 0 Å². The molecule has 1 aromatic carbocycles. The number of nitrogens with one attached hydrogen (secondary N) is 1. The average Bonchev–Trinajstić information content (AvgIpc) is 2.14. The molecule has 1 aromatic rings. The van der Waals surface area contributed by atoms with E-state index in [9.17, 15) is 9.50 Å². The maximum atomic E-state index is 13.4. The van der Waals surface area contributed by atoms with Crippen molar-refractivity contribution in [2.45, 2.75) is 38.0 Å². The molecule has 0 spiro atoms. The van der Waals surface area contributed by atoms with Gasteiger partial charge in [-0.05, 0) is 26.3 Å². The molecule has 2 N–H and O–H groups in total. The lowest BCUT2D eigenvalue weighted by Crippen LogP contribution is -2.62. The molecule has 4 heteroatoms. The van der Waals surface area contributed by atoms with E-state index in [2.05, 4.69) is 19.2 Å². The molecule has 2 atom stereocenters. The third kappa shape index (κ3) is 2.54. The molecule has 16 heavy (non-hydrogen) atoms. The van der Waals surface area contributed by atoms with Crippen molar-refractivity contribution in [2.24, 2.45) is 0 Å². The summed E-state index contributed by atoms with van der Waals surface area (Å²) in [5, 5.41) is 13.2. The fraction of sp³-hybridized carbons (Fsp3) is 0.500. The van der Waals surface area contributed by atoms with Gasteiger partial charge in [-0.25, -0.2) is 4.39 Å². The van der Waals surface area contributed by atoms with Gasteiger partial charge in [0.2, 0.25) is 0 Å². The Kier molecular flexibility index (Phi) is 3.94. The van der Waals surface area contributed by atoms with Crippen molar-refractivity contribution < 1.29 is 9.50 Å². The molecule has 1 aliphatic heterocycles. The van der Waals surface area contributed by atoms with Gasteiger partial charge in [-0.3, -0.25) is 0 Å². The van der Waals surface area contributed by atoms with Gasteiger partial charge in [-0.15, -0.1) is 12.4 Å². The Morgan fingerprint density at radius 3 is 2.50 bits per heavy atom. The van der Waals surface area contributed by atoms with Crippen LogP contribution in [0.1, 0.15) is 31.9 Å². The molecule has 0 bridgehead atoms. The van der Waals surface area contributed by atoms with Crippen LogP contribution in [0.3, 0.4) is 0 Å². The molecule has 1 fully saturated rings. The number of benzene rings is 1. The van der Waals surface area contributed by atoms with Crippen LogP contribution in [0, 0.1) is 5.82 Å². The van der Waals surface area contributed by atoms with Crippen LogP contribution in [-0.4, -0.2) is 16.7 Å². The minimum Gasteiger partial charge on any atom is -0.387 e. The Hall–Kier alpha value is -0.640. The SMILES string of the molecule is CC1(C)C[C@@H]([C@@H](O)c2ccccc2F)N1.Cl. The van der Waals surface area contributed by atoms with Crippen LogP contribution in [-0.2, 0) is 0 Å². The zero-order chi connectivity index (χ0) is 11.1. The van der Waals surface area contributed by atoms with Crippen molar-refractivity contribution >= 4 is 12.4 Å². The molecule has 0 saturated carbocycles. The molecule has 0 aromatic heterocycles. The van der Waals surface area contributed by atoms with Gasteiger partial charge in [-0.2, -0.15) is 0 Å². The first kappa shape index (κ1) is 13.4. The van der Waals surface area contributed by atoms with E-state index in [0.29, 0.717) is 5.56 Å². The average molecular weight is 246 g/mol. The summed E-state index contributed by atoms with van der Waals surface area (Å²) in [6.07, 6.45) is 0.113. The van der Waals surface area contributed by atoms with Gasteiger partial charge in [0.25, 0.3) is 0 Å². The van der Waals surface area contributed by atoms with Gasteiger partial charge in [0.1, 0.15) is 5.82 Å². The highest BCUT2D eigenvalue weighted by molar-refractivity contribution is 5.85. The van der Waals surface area contributed by atoms with E-state index >= 15 is 0 Å². The van der Waals surface area contributed by atoms with Crippen LogP contribution in [0.4, 0.5) is 4.39 Å². The first-order valence-electron chi connectivity index (χ1n) is 5.20. The molecule has 1 aliphatic rings. The molecule has 1 heterocycles. The molecule has 2 nitrogen and oxygen atoms in total. The smallest absolute Gasteiger partial charge is 0.129 e. The normalized spacial score (nSPS) is 24.1. The van der Waals surface area contributed by atoms with E-state index in [-0.39, 0.29) is 29.8 Å². The Bertz CT molecular complexity index is 362. The third-order valence-electron chi connectivity index (χ3n) is 2.91. The van der Waals surface area contributed by atoms with Gasteiger partial charge < -0.3 is 10.4 Å². The molecular weight excluding hydrogens is 229 g/mol. The monoisotopic (exact) mass is 245 g/mol. The standard InChI is InChI=1S/C12H16FNO.ClH/c1-12(2)7-10(14-12)11(15)8-5-3-4-6-9(8)13;/h3-6,10-11,14-15H,7H2,1-2H3;1H/t10-,11-;/m0./s1. The van der Waals surface area contributed by atoms with Crippen LogP contribution in [0.5, 0.6) is 0 Å². The Labute approximate surface area is 101 Å². The number of hydrogen-bond donors (Lipinski definition) is 2. The van der Waals surface area contributed by atoms with Crippen LogP contribution < -0.4 is 5.32 Å². The minimum atomic E-state index is -0.751. The van der Waals surface area contributed by atoms with Gasteiger partial charge in [0.15, 0.2) is 0 Å². The molecule has 0 aliphatic carbocycles. The summed E-state index contributed by atoms with van der Waals surface area (Å²) < 4.78 is 13.4. The molecule has 1 saturated heterocycles. The fourth-order valence-electron chi connectivity index (χ4n) is 2.15. The highest BCUT2D eigenvalue weighted by Crippen LogP contribution is 2.32. The topological polar surface area (TPSA) is 32.3 Å². The van der Waals surface area contributed by atoms with E-state index < -0.39 is 6.10 Å². The lowest BCUT2D eigenvalue weighted by molar-refractivity contribution is 0.0369. The van der Waals surface area contributed by atoms with Crippen molar-refractivity contribution in [3.05, 3.63) is 35.6 Å². The number of hydrogen-bond acceptors (Lipinski definition) is 2. The molecular formula is C12H17ClFNO. The van der Waals surface area contributed by atoms with Crippen molar-refractivity contribution in [3.8, 4) is 0 Å². The fourth-order valence-corrected chi connectivity index (χ4v) is 2.15. The summed E-state index contributed by atoms with van der Waals surface area (Å²) in [6.45, 7) is 4.13. The predicted molar refractivity (Wildman–Crippen MR) is 64.2 cm³/mol.